The highest BCUT2D eigenvalue weighted by molar-refractivity contribution is 5.11. The van der Waals surface area contributed by atoms with Gasteiger partial charge in [0.15, 0.2) is 0 Å². The molecule has 6 N–H and O–H groups in total. The highest BCUT2D eigenvalue weighted by atomic mass is 16.3. The number of hydrogen-bond acceptors (Lipinski definition) is 5. The number of aliphatic hydroxyl groups excluding tert-OH is 1. The van der Waals surface area contributed by atoms with Crippen molar-refractivity contribution in [2.75, 3.05) is 39.3 Å². The zero-order valence-electron chi connectivity index (χ0n) is 28.6. The lowest BCUT2D eigenvalue weighted by Gasteiger charge is -2.62. The molecule has 0 aromatic rings. The summed E-state index contributed by atoms with van der Waals surface area (Å²) in [7, 11) is 0. The Morgan fingerprint density at radius 3 is 2.10 bits per heavy atom. The number of fused-ring (bicyclic) bond motifs is 5. The van der Waals surface area contributed by atoms with E-state index in [0.29, 0.717) is 22.8 Å². The molecule has 10 atom stereocenters. The maximum absolute atomic E-state index is 11.7. The van der Waals surface area contributed by atoms with Gasteiger partial charge in [0.25, 0.3) is 0 Å². The summed E-state index contributed by atoms with van der Waals surface area (Å²) < 4.78 is 0. The topological polar surface area (TPSA) is 82.3 Å². The Hall–Kier alpha value is -0.200. The van der Waals surface area contributed by atoms with Gasteiger partial charge in [-0.25, -0.2) is 0 Å². The molecule has 4 rings (SSSR count). The Bertz CT molecular complexity index is 777. The summed E-state index contributed by atoms with van der Waals surface area (Å²) in [5.41, 5.74) is 6.39. The summed E-state index contributed by atoms with van der Waals surface area (Å²) in [6, 6.07) is 0.588. The van der Waals surface area contributed by atoms with Gasteiger partial charge in [0, 0.05) is 6.04 Å². The Labute approximate surface area is 261 Å². The standard InChI is InChI=1S/C37H72N4O/c1-27(2)11-8-12-28(3)31-13-14-32-30-26-35(42)34-25-29(15-17-37(34,5)33(30)16-18-36(31,32)4)41-24-10-23-40-21-7-6-20-39-22-9-19-38/h27-35,39-42H,6-26,38H2,1-5H3/t28-,29-,30?,31?,32?,33?,34-,35?,36?,37?/m1/s1. The predicted molar refractivity (Wildman–Crippen MR) is 180 cm³/mol. The second-order valence-corrected chi connectivity index (χ2v) is 16.5. The van der Waals surface area contributed by atoms with Crippen molar-refractivity contribution < 1.29 is 5.11 Å². The molecular formula is C37H72N4O. The van der Waals surface area contributed by atoms with Crippen LogP contribution in [0.5, 0.6) is 0 Å². The lowest BCUT2D eigenvalue weighted by molar-refractivity contribution is -0.162. The Kier molecular flexibility index (Phi) is 13.5. The summed E-state index contributed by atoms with van der Waals surface area (Å²) in [5, 5.41) is 22.7. The van der Waals surface area contributed by atoms with Gasteiger partial charge in [0.05, 0.1) is 6.10 Å². The fraction of sp³-hybridized carbons (Fsp3) is 1.00. The van der Waals surface area contributed by atoms with Crippen LogP contribution in [0.15, 0.2) is 0 Å². The van der Waals surface area contributed by atoms with E-state index in [1.807, 2.05) is 0 Å². The van der Waals surface area contributed by atoms with Crippen molar-refractivity contribution in [2.24, 2.45) is 58.0 Å². The summed E-state index contributed by atoms with van der Waals surface area (Å²) in [5.74, 6) is 5.51. The predicted octanol–water partition coefficient (Wildman–Crippen LogP) is 6.74. The summed E-state index contributed by atoms with van der Waals surface area (Å²) in [6.07, 6.45) is 19.4. The van der Waals surface area contributed by atoms with Gasteiger partial charge in [-0.05, 0) is 169 Å². The first-order valence-corrected chi connectivity index (χ1v) is 18.7. The molecule has 246 valence electrons. The minimum atomic E-state index is -0.0998. The maximum Gasteiger partial charge on any atom is 0.0577 e. The molecule has 0 bridgehead atoms. The molecule has 7 unspecified atom stereocenters. The van der Waals surface area contributed by atoms with Gasteiger partial charge in [-0.1, -0.05) is 53.9 Å². The average Bonchev–Trinajstić information content (AvgIpc) is 3.31. The number of nitrogens with two attached hydrogens (primary N) is 1. The fourth-order valence-corrected chi connectivity index (χ4v) is 11.0. The Morgan fingerprint density at radius 2 is 1.38 bits per heavy atom. The fourth-order valence-electron chi connectivity index (χ4n) is 11.0. The Morgan fingerprint density at radius 1 is 0.714 bits per heavy atom. The van der Waals surface area contributed by atoms with Crippen LogP contribution < -0.4 is 21.7 Å². The first kappa shape index (κ1) is 34.7. The SMILES string of the molecule is CC(C)CCC[C@@H](C)C1CCC2C3CC(O)[C@H]4C[C@H](NCCCNCCCCNCCCN)CCC4(C)C3CCC21C. The molecule has 0 heterocycles. The molecule has 4 aliphatic carbocycles. The van der Waals surface area contributed by atoms with Gasteiger partial charge in [-0.3, -0.25) is 0 Å². The number of unbranched alkanes of at least 4 members (excludes halogenated alkanes) is 1. The third-order valence-corrected chi connectivity index (χ3v) is 13.4. The monoisotopic (exact) mass is 589 g/mol. The average molecular weight is 589 g/mol. The number of nitrogens with one attached hydrogen (secondary N) is 3. The normalized spacial score (nSPS) is 38.7. The van der Waals surface area contributed by atoms with Crippen molar-refractivity contribution in [3.8, 4) is 0 Å². The van der Waals surface area contributed by atoms with E-state index in [0.717, 1.165) is 87.6 Å². The first-order valence-electron chi connectivity index (χ1n) is 18.7. The Balaban J connectivity index is 1.19. The van der Waals surface area contributed by atoms with Gasteiger partial charge in [0.1, 0.15) is 0 Å². The molecule has 5 heteroatoms. The van der Waals surface area contributed by atoms with Crippen LogP contribution in [0.25, 0.3) is 0 Å². The zero-order chi connectivity index (χ0) is 30.2. The quantitative estimate of drug-likeness (QED) is 0.115. The van der Waals surface area contributed by atoms with Crippen molar-refractivity contribution in [1.29, 1.82) is 0 Å². The zero-order valence-corrected chi connectivity index (χ0v) is 28.6. The van der Waals surface area contributed by atoms with Crippen molar-refractivity contribution in [1.82, 2.24) is 16.0 Å². The molecule has 42 heavy (non-hydrogen) atoms. The second-order valence-electron chi connectivity index (χ2n) is 16.5. The molecule has 4 fully saturated rings. The molecule has 0 saturated heterocycles. The van der Waals surface area contributed by atoms with E-state index in [4.69, 9.17) is 5.73 Å². The molecular weight excluding hydrogens is 516 g/mol. The van der Waals surface area contributed by atoms with E-state index in [-0.39, 0.29) is 6.10 Å². The summed E-state index contributed by atoms with van der Waals surface area (Å²) in [4.78, 5) is 0. The number of hydrogen-bond donors (Lipinski definition) is 5. The molecule has 4 aliphatic rings. The van der Waals surface area contributed by atoms with E-state index >= 15 is 0 Å². The maximum atomic E-state index is 11.7. The molecule has 0 aromatic heterocycles. The van der Waals surface area contributed by atoms with Crippen LogP contribution in [0, 0.1) is 52.3 Å². The van der Waals surface area contributed by atoms with Crippen LogP contribution in [-0.4, -0.2) is 56.5 Å². The van der Waals surface area contributed by atoms with E-state index in [1.54, 1.807) is 0 Å². The van der Waals surface area contributed by atoms with Crippen LogP contribution in [0.3, 0.4) is 0 Å². The molecule has 5 nitrogen and oxygen atoms in total. The van der Waals surface area contributed by atoms with Crippen LogP contribution >= 0.6 is 0 Å². The smallest absolute Gasteiger partial charge is 0.0577 e. The number of rotatable bonds is 18. The van der Waals surface area contributed by atoms with Gasteiger partial charge in [-0.15, -0.1) is 0 Å². The van der Waals surface area contributed by atoms with Crippen LogP contribution in [0.4, 0.5) is 0 Å². The third-order valence-electron chi connectivity index (χ3n) is 13.4. The largest absolute Gasteiger partial charge is 0.393 e. The highest BCUT2D eigenvalue weighted by Crippen LogP contribution is 2.68. The van der Waals surface area contributed by atoms with E-state index in [9.17, 15) is 5.11 Å². The lowest BCUT2D eigenvalue weighted by Crippen LogP contribution is -2.59. The third kappa shape index (κ3) is 8.33. The molecule has 0 amide bonds. The highest BCUT2D eigenvalue weighted by Gasteiger charge is 2.62. The minimum absolute atomic E-state index is 0.0998. The van der Waals surface area contributed by atoms with Crippen LogP contribution in [0.1, 0.15) is 131 Å². The van der Waals surface area contributed by atoms with Gasteiger partial charge >= 0.3 is 0 Å². The van der Waals surface area contributed by atoms with Crippen molar-refractivity contribution in [3.05, 3.63) is 0 Å². The van der Waals surface area contributed by atoms with Crippen LogP contribution in [0.2, 0.25) is 0 Å². The van der Waals surface area contributed by atoms with E-state index < -0.39 is 0 Å². The van der Waals surface area contributed by atoms with Gasteiger partial charge in [0.2, 0.25) is 0 Å². The van der Waals surface area contributed by atoms with Gasteiger partial charge < -0.3 is 26.8 Å². The number of aliphatic hydroxyl groups is 1. The molecule has 0 spiro atoms. The van der Waals surface area contributed by atoms with E-state index in [2.05, 4.69) is 50.6 Å². The van der Waals surface area contributed by atoms with Crippen LogP contribution in [-0.2, 0) is 0 Å². The molecule has 4 saturated carbocycles. The summed E-state index contributed by atoms with van der Waals surface area (Å²) >= 11 is 0. The molecule has 0 aliphatic heterocycles. The summed E-state index contributed by atoms with van der Waals surface area (Å²) in [6.45, 7) is 18.9. The minimum Gasteiger partial charge on any atom is -0.393 e. The second kappa shape index (κ2) is 16.4. The van der Waals surface area contributed by atoms with Crippen molar-refractivity contribution in [2.45, 2.75) is 143 Å². The molecule has 0 radical (unpaired) electrons. The first-order chi connectivity index (χ1) is 20.2. The van der Waals surface area contributed by atoms with E-state index in [1.165, 1.54) is 83.5 Å². The van der Waals surface area contributed by atoms with Crippen molar-refractivity contribution >= 4 is 0 Å². The van der Waals surface area contributed by atoms with Crippen molar-refractivity contribution in [3.63, 3.8) is 0 Å². The van der Waals surface area contributed by atoms with Gasteiger partial charge in [-0.2, -0.15) is 0 Å². The lowest BCUT2D eigenvalue weighted by atomic mass is 9.43. The molecule has 0 aromatic carbocycles.